The second-order valence-corrected chi connectivity index (χ2v) is 5.38. The van der Waals surface area contributed by atoms with Crippen molar-refractivity contribution < 1.29 is 4.39 Å². The molecule has 0 aliphatic carbocycles. The molecule has 3 rings (SSSR count). The van der Waals surface area contributed by atoms with Gasteiger partial charge in [-0.05, 0) is 24.6 Å². The number of aromatic nitrogens is 2. The van der Waals surface area contributed by atoms with Crippen LogP contribution in [0.3, 0.4) is 0 Å². The van der Waals surface area contributed by atoms with Gasteiger partial charge in [0.05, 0.1) is 6.33 Å². The van der Waals surface area contributed by atoms with Crippen molar-refractivity contribution in [2.24, 2.45) is 0 Å². The summed E-state index contributed by atoms with van der Waals surface area (Å²) in [7, 11) is 0. The Kier molecular flexibility index (Phi) is 3.57. The minimum atomic E-state index is -1.67. The third-order valence-corrected chi connectivity index (χ3v) is 3.73. The summed E-state index contributed by atoms with van der Waals surface area (Å²) in [6.45, 7) is 1.54. The molecular weight excluding hydrogens is 293 g/mol. The van der Waals surface area contributed by atoms with Crippen LogP contribution in [0.4, 0.5) is 4.39 Å². The van der Waals surface area contributed by atoms with E-state index in [0.717, 1.165) is 0 Å². The molecule has 110 valence electrons. The van der Waals surface area contributed by atoms with Gasteiger partial charge in [0, 0.05) is 29.8 Å². The fourth-order valence-electron chi connectivity index (χ4n) is 2.43. The summed E-state index contributed by atoms with van der Waals surface area (Å²) in [6, 6.07) is 6.76. The van der Waals surface area contributed by atoms with Gasteiger partial charge in [0.2, 0.25) is 0 Å². The Labute approximate surface area is 127 Å². The summed E-state index contributed by atoms with van der Waals surface area (Å²) in [6.07, 6.45) is 7.73. The van der Waals surface area contributed by atoms with E-state index in [1.807, 2.05) is 0 Å². The monoisotopic (exact) mass is 307 g/mol. The Bertz CT molecular complexity index is 623. The average Bonchev–Trinajstić information content (AvgIpc) is 3.13. The number of hydrogen-bond acceptors (Lipinski definition) is 4. The lowest BCUT2D eigenvalue weighted by atomic mass is 9.94. The largest absolute Gasteiger partial charge is 0.312 e. The smallest absolute Gasteiger partial charge is 0.173 e. The van der Waals surface area contributed by atoms with E-state index in [2.05, 4.69) is 15.9 Å². The number of alkyl halides is 1. The van der Waals surface area contributed by atoms with Crippen molar-refractivity contribution in [2.45, 2.75) is 18.8 Å². The van der Waals surface area contributed by atoms with E-state index in [0.29, 0.717) is 10.6 Å². The minimum absolute atomic E-state index is 0.535. The lowest BCUT2D eigenvalue weighted by Crippen LogP contribution is -2.47. The molecule has 1 aromatic carbocycles. The van der Waals surface area contributed by atoms with E-state index in [1.165, 1.54) is 6.92 Å². The Balaban J connectivity index is 2.02. The summed E-state index contributed by atoms with van der Waals surface area (Å²) in [5, 5.41) is 2.23. The highest BCUT2D eigenvalue weighted by molar-refractivity contribution is 6.30. The summed E-state index contributed by atoms with van der Waals surface area (Å²) in [5.41, 5.74) is 4.57. The van der Waals surface area contributed by atoms with E-state index < -0.39 is 11.8 Å². The van der Waals surface area contributed by atoms with E-state index in [-0.39, 0.29) is 0 Å². The zero-order valence-corrected chi connectivity index (χ0v) is 12.1. The Morgan fingerprint density at radius 2 is 2.10 bits per heavy atom. The molecule has 0 fully saturated rings. The van der Waals surface area contributed by atoms with Gasteiger partial charge in [-0.3, -0.25) is 5.01 Å². The molecule has 1 aliphatic heterocycles. The third-order valence-electron chi connectivity index (χ3n) is 3.48. The number of rotatable bonds is 4. The maximum Gasteiger partial charge on any atom is 0.173 e. The van der Waals surface area contributed by atoms with Gasteiger partial charge in [0.25, 0.3) is 0 Å². The number of nitrogens with one attached hydrogen (secondary N) is 2. The van der Waals surface area contributed by atoms with Crippen LogP contribution in [-0.4, -0.2) is 14.6 Å². The normalized spacial score (nSPS) is 18.3. The molecule has 5 nitrogen and oxygen atoms in total. The molecule has 0 saturated carbocycles. The second kappa shape index (κ2) is 5.38. The summed E-state index contributed by atoms with van der Waals surface area (Å²) in [4.78, 5) is 4.01. The van der Waals surface area contributed by atoms with Crippen LogP contribution in [-0.2, 0) is 5.67 Å². The van der Waals surface area contributed by atoms with Crippen molar-refractivity contribution in [2.75, 3.05) is 0 Å². The van der Waals surface area contributed by atoms with Crippen molar-refractivity contribution >= 4 is 11.6 Å². The van der Waals surface area contributed by atoms with Crippen molar-refractivity contribution in [1.29, 1.82) is 0 Å². The number of hydrogen-bond donors (Lipinski definition) is 2. The molecule has 7 heteroatoms. The van der Waals surface area contributed by atoms with Crippen LogP contribution in [0.1, 0.15) is 18.7 Å². The molecule has 0 bridgehead atoms. The van der Waals surface area contributed by atoms with Gasteiger partial charge >= 0.3 is 0 Å². The van der Waals surface area contributed by atoms with Crippen molar-refractivity contribution in [3.63, 3.8) is 0 Å². The zero-order valence-electron chi connectivity index (χ0n) is 11.4. The Morgan fingerprint density at radius 1 is 1.33 bits per heavy atom. The van der Waals surface area contributed by atoms with Crippen LogP contribution >= 0.6 is 11.6 Å². The molecule has 21 heavy (non-hydrogen) atoms. The number of hydrazine groups is 2. The van der Waals surface area contributed by atoms with E-state index >= 15 is 4.39 Å². The summed E-state index contributed by atoms with van der Waals surface area (Å²) in [5.74, 6) is 0. The van der Waals surface area contributed by atoms with Gasteiger partial charge in [0.15, 0.2) is 11.8 Å². The van der Waals surface area contributed by atoms with Crippen LogP contribution in [0, 0.1) is 0 Å². The molecule has 2 aromatic rings. The van der Waals surface area contributed by atoms with Crippen LogP contribution in [0.25, 0.3) is 0 Å². The number of halogens is 2. The topological polar surface area (TPSA) is 45.1 Å². The lowest BCUT2D eigenvalue weighted by molar-refractivity contribution is -0.0113. The third kappa shape index (κ3) is 2.59. The van der Waals surface area contributed by atoms with Crippen LogP contribution in [0.5, 0.6) is 0 Å². The number of benzene rings is 1. The standard InChI is InChI=1S/C14H15ClFN5/c1-14(16,11-2-4-12(15)5-3-11)13(20-8-6-17-10-20)21-9-7-18-19-21/h2-10,13,18-19H,1H3. The van der Waals surface area contributed by atoms with E-state index in [9.17, 15) is 0 Å². The molecule has 2 N–H and O–H groups in total. The van der Waals surface area contributed by atoms with Crippen molar-refractivity contribution in [3.8, 4) is 0 Å². The SMILES string of the molecule is CC(F)(c1ccc(Cl)cc1)C(N1C=CNN1)n1ccnc1. The first-order chi connectivity index (χ1) is 10.1. The molecule has 1 aromatic heterocycles. The van der Waals surface area contributed by atoms with Gasteiger partial charge in [-0.2, -0.15) is 0 Å². The molecule has 1 aliphatic rings. The highest BCUT2D eigenvalue weighted by atomic mass is 35.5. The lowest BCUT2D eigenvalue weighted by Gasteiger charge is -2.37. The van der Waals surface area contributed by atoms with Gasteiger partial charge in [0.1, 0.15) is 0 Å². The first-order valence-corrected chi connectivity index (χ1v) is 6.85. The molecular formula is C14H15ClFN5. The van der Waals surface area contributed by atoms with Crippen LogP contribution in [0.15, 0.2) is 55.4 Å². The van der Waals surface area contributed by atoms with E-state index in [1.54, 1.807) is 65.0 Å². The maximum atomic E-state index is 15.6. The first-order valence-electron chi connectivity index (χ1n) is 6.47. The van der Waals surface area contributed by atoms with E-state index in [4.69, 9.17) is 11.6 Å². The van der Waals surface area contributed by atoms with Gasteiger partial charge in [-0.1, -0.05) is 23.7 Å². The highest BCUT2D eigenvalue weighted by Crippen LogP contribution is 2.39. The first kappa shape index (κ1) is 13.9. The highest BCUT2D eigenvalue weighted by Gasteiger charge is 2.41. The second-order valence-electron chi connectivity index (χ2n) is 4.95. The fraction of sp³-hybridized carbons (Fsp3) is 0.214. The number of imidazole rings is 1. The molecule has 0 saturated heterocycles. The zero-order chi connectivity index (χ0) is 14.9. The molecule has 0 radical (unpaired) electrons. The molecule has 0 spiro atoms. The average molecular weight is 308 g/mol. The van der Waals surface area contributed by atoms with Crippen molar-refractivity contribution in [1.82, 2.24) is 25.5 Å². The predicted octanol–water partition coefficient (Wildman–Crippen LogP) is 2.72. The summed E-state index contributed by atoms with van der Waals surface area (Å²) >= 11 is 5.89. The molecule has 2 unspecified atom stereocenters. The van der Waals surface area contributed by atoms with Crippen LogP contribution in [0.2, 0.25) is 5.02 Å². The van der Waals surface area contributed by atoms with Gasteiger partial charge in [-0.15, -0.1) is 5.53 Å². The molecule has 2 atom stereocenters. The predicted molar refractivity (Wildman–Crippen MR) is 78.4 cm³/mol. The van der Waals surface area contributed by atoms with Gasteiger partial charge < -0.3 is 9.99 Å². The number of nitrogens with zero attached hydrogens (tertiary/aromatic N) is 3. The minimum Gasteiger partial charge on any atom is -0.312 e. The Hall–Kier alpha value is -2.05. The maximum absolute atomic E-state index is 15.6. The molecule has 0 amide bonds. The molecule has 2 heterocycles. The van der Waals surface area contributed by atoms with Gasteiger partial charge in [-0.25, -0.2) is 9.37 Å². The summed E-state index contributed by atoms with van der Waals surface area (Å²) < 4.78 is 17.3. The van der Waals surface area contributed by atoms with Crippen LogP contribution < -0.4 is 11.0 Å². The Morgan fingerprint density at radius 3 is 2.67 bits per heavy atom. The quantitative estimate of drug-likeness (QED) is 0.911. The van der Waals surface area contributed by atoms with Crippen molar-refractivity contribution in [3.05, 3.63) is 66.0 Å². The fourth-order valence-corrected chi connectivity index (χ4v) is 2.56.